The quantitative estimate of drug-likeness (QED) is 0.834. The van der Waals surface area contributed by atoms with E-state index in [9.17, 15) is 9.59 Å². The molecule has 6 nitrogen and oxygen atoms in total. The van der Waals surface area contributed by atoms with Gasteiger partial charge in [0.1, 0.15) is 0 Å². The average Bonchev–Trinajstić information content (AvgIpc) is 3.36. The lowest BCUT2D eigenvalue weighted by molar-refractivity contribution is -0.135. The van der Waals surface area contributed by atoms with E-state index in [0.717, 1.165) is 36.9 Å². The molecule has 0 radical (unpaired) electrons. The van der Waals surface area contributed by atoms with E-state index >= 15 is 0 Å². The van der Waals surface area contributed by atoms with Crippen LogP contribution in [-0.4, -0.2) is 45.1 Å². The van der Waals surface area contributed by atoms with Crippen molar-refractivity contribution in [3.63, 3.8) is 0 Å². The first-order chi connectivity index (χ1) is 13.5. The van der Waals surface area contributed by atoms with Crippen LogP contribution in [-0.2, 0) is 29.5 Å². The van der Waals surface area contributed by atoms with Gasteiger partial charge in [-0.25, -0.2) is 0 Å². The molecule has 3 atom stereocenters. The van der Waals surface area contributed by atoms with E-state index in [1.54, 1.807) is 13.1 Å². The number of hydrogen-bond donors (Lipinski definition) is 1. The van der Waals surface area contributed by atoms with Crippen molar-refractivity contribution >= 4 is 11.8 Å². The van der Waals surface area contributed by atoms with E-state index in [-0.39, 0.29) is 23.9 Å². The second kappa shape index (κ2) is 7.41. The van der Waals surface area contributed by atoms with Crippen molar-refractivity contribution in [2.75, 3.05) is 6.54 Å². The number of benzene rings is 1. The fourth-order valence-corrected chi connectivity index (χ4v) is 5.26. The molecule has 0 saturated carbocycles. The third-order valence-electron chi connectivity index (χ3n) is 6.51. The van der Waals surface area contributed by atoms with Gasteiger partial charge in [-0.2, -0.15) is 5.10 Å². The fourth-order valence-electron chi connectivity index (χ4n) is 5.26. The second-order valence-electron chi connectivity index (χ2n) is 8.15. The molecule has 1 aromatic heterocycles. The Morgan fingerprint density at radius 2 is 2.00 bits per heavy atom. The maximum atomic E-state index is 13.5. The number of amides is 2. The Hall–Kier alpha value is -2.63. The van der Waals surface area contributed by atoms with E-state index in [0.29, 0.717) is 13.0 Å². The molecule has 2 aromatic rings. The zero-order valence-corrected chi connectivity index (χ0v) is 16.6. The Morgan fingerprint density at radius 3 is 2.64 bits per heavy atom. The molecule has 4 rings (SSSR count). The normalized spacial score (nSPS) is 25.9. The summed E-state index contributed by atoms with van der Waals surface area (Å²) in [5, 5.41) is 7.36. The highest BCUT2D eigenvalue weighted by Crippen LogP contribution is 2.51. The predicted molar refractivity (Wildman–Crippen MR) is 106 cm³/mol. The van der Waals surface area contributed by atoms with E-state index in [1.807, 2.05) is 40.9 Å². The van der Waals surface area contributed by atoms with Gasteiger partial charge in [-0.3, -0.25) is 14.3 Å². The van der Waals surface area contributed by atoms with Crippen molar-refractivity contribution in [1.29, 1.82) is 0 Å². The zero-order valence-electron chi connectivity index (χ0n) is 16.6. The predicted octanol–water partition coefficient (Wildman–Crippen LogP) is 2.09. The molecule has 2 fully saturated rings. The van der Waals surface area contributed by atoms with Crippen LogP contribution in [0.15, 0.2) is 42.6 Å². The summed E-state index contributed by atoms with van der Waals surface area (Å²) < 4.78 is 1.83. The highest BCUT2D eigenvalue weighted by Gasteiger charge is 2.60. The molecule has 148 valence electrons. The molecular formula is C22H28N4O2. The number of carbonyl (C=O) groups excluding carboxylic acids is 2. The summed E-state index contributed by atoms with van der Waals surface area (Å²) in [6.07, 6.45) is 5.86. The van der Waals surface area contributed by atoms with Crippen LogP contribution in [0.25, 0.3) is 0 Å². The standard InChI is InChI=1S/C22H28N4O2/c1-16(27)26-19-8-9-20(26)22(15-19,14-17-6-4-3-5-7-17)21(28)23-12-10-18-11-13-24-25(18)2/h3-7,11,13,19-20H,8-10,12,14-15H2,1-2H3,(H,23,28)/t19-,20+,22+/m0/s1. The molecule has 2 bridgehead atoms. The van der Waals surface area contributed by atoms with Gasteiger partial charge in [-0.05, 0) is 37.3 Å². The Labute approximate surface area is 165 Å². The summed E-state index contributed by atoms with van der Waals surface area (Å²) in [6.45, 7) is 2.20. The van der Waals surface area contributed by atoms with Gasteiger partial charge < -0.3 is 10.2 Å². The second-order valence-corrected chi connectivity index (χ2v) is 8.15. The maximum Gasteiger partial charge on any atom is 0.228 e. The summed E-state index contributed by atoms with van der Waals surface area (Å²) in [6, 6.07) is 12.3. The minimum atomic E-state index is -0.539. The summed E-state index contributed by atoms with van der Waals surface area (Å²) in [5.74, 6) is 0.169. The van der Waals surface area contributed by atoms with Crippen molar-refractivity contribution in [3.05, 3.63) is 53.9 Å². The van der Waals surface area contributed by atoms with Gasteiger partial charge in [0.25, 0.3) is 0 Å². The van der Waals surface area contributed by atoms with Crippen LogP contribution in [0.2, 0.25) is 0 Å². The molecule has 2 aliphatic rings. The average molecular weight is 380 g/mol. The number of fused-ring (bicyclic) bond motifs is 2. The molecule has 0 aliphatic carbocycles. The van der Waals surface area contributed by atoms with Gasteiger partial charge in [0.15, 0.2) is 0 Å². The third-order valence-corrected chi connectivity index (χ3v) is 6.51. The van der Waals surface area contributed by atoms with E-state index < -0.39 is 5.41 Å². The first kappa shape index (κ1) is 18.7. The SMILES string of the molecule is CC(=O)N1[C@H]2CC[C@@H]1[C@](Cc1ccccc1)(C(=O)NCCc1ccnn1C)C2. The molecule has 2 aliphatic heterocycles. The van der Waals surface area contributed by atoms with Crippen LogP contribution in [0.1, 0.15) is 37.4 Å². The molecule has 28 heavy (non-hydrogen) atoms. The summed E-state index contributed by atoms with van der Waals surface area (Å²) >= 11 is 0. The smallest absolute Gasteiger partial charge is 0.228 e. The monoisotopic (exact) mass is 380 g/mol. The van der Waals surface area contributed by atoms with Crippen molar-refractivity contribution in [3.8, 4) is 0 Å². The van der Waals surface area contributed by atoms with Gasteiger partial charge in [-0.15, -0.1) is 0 Å². The van der Waals surface area contributed by atoms with Gasteiger partial charge in [-0.1, -0.05) is 30.3 Å². The lowest BCUT2D eigenvalue weighted by atomic mass is 9.69. The Balaban J connectivity index is 1.54. The minimum absolute atomic E-state index is 0.00749. The molecule has 2 amide bonds. The lowest BCUT2D eigenvalue weighted by Gasteiger charge is -2.36. The third kappa shape index (κ3) is 3.21. The van der Waals surface area contributed by atoms with E-state index in [2.05, 4.69) is 22.5 Å². The highest BCUT2D eigenvalue weighted by atomic mass is 16.2. The molecule has 0 spiro atoms. The molecule has 6 heteroatoms. The van der Waals surface area contributed by atoms with Crippen LogP contribution in [0, 0.1) is 5.41 Å². The van der Waals surface area contributed by atoms with Crippen molar-refractivity contribution in [1.82, 2.24) is 20.0 Å². The van der Waals surface area contributed by atoms with E-state index in [1.165, 1.54) is 0 Å². The van der Waals surface area contributed by atoms with Gasteiger partial charge >= 0.3 is 0 Å². The number of nitrogens with zero attached hydrogens (tertiary/aromatic N) is 3. The van der Waals surface area contributed by atoms with Crippen molar-refractivity contribution in [2.45, 2.75) is 51.1 Å². The molecule has 1 N–H and O–H groups in total. The van der Waals surface area contributed by atoms with E-state index in [4.69, 9.17) is 0 Å². The Kier molecular flexibility index (Phi) is 4.96. The first-order valence-electron chi connectivity index (χ1n) is 10.1. The lowest BCUT2D eigenvalue weighted by Crippen LogP contribution is -2.51. The largest absolute Gasteiger partial charge is 0.355 e. The molecule has 3 heterocycles. The van der Waals surface area contributed by atoms with Crippen molar-refractivity contribution < 1.29 is 9.59 Å². The summed E-state index contributed by atoms with van der Waals surface area (Å²) in [7, 11) is 1.91. The number of aryl methyl sites for hydroxylation is 1. The zero-order chi connectivity index (χ0) is 19.7. The number of nitrogens with one attached hydrogen (secondary N) is 1. The van der Waals surface area contributed by atoms with Gasteiger partial charge in [0, 0.05) is 50.9 Å². The number of hydrogen-bond acceptors (Lipinski definition) is 3. The fraction of sp³-hybridized carbons (Fsp3) is 0.500. The van der Waals surface area contributed by atoms with Crippen molar-refractivity contribution in [2.24, 2.45) is 12.5 Å². The van der Waals surface area contributed by atoms with Gasteiger partial charge in [0.2, 0.25) is 11.8 Å². The molecule has 0 unspecified atom stereocenters. The Morgan fingerprint density at radius 1 is 1.21 bits per heavy atom. The highest BCUT2D eigenvalue weighted by molar-refractivity contribution is 5.87. The number of carbonyl (C=O) groups is 2. The molecule has 2 saturated heterocycles. The van der Waals surface area contributed by atoms with Crippen LogP contribution < -0.4 is 5.32 Å². The topological polar surface area (TPSA) is 67.2 Å². The molecule has 1 aromatic carbocycles. The van der Waals surface area contributed by atoms with Crippen LogP contribution >= 0.6 is 0 Å². The first-order valence-corrected chi connectivity index (χ1v) is 10.1. The van der Waals surface area contributed by atoms with Crippen LogP contribution in [0.4, 0.5) is 0 Å². The Bertz CT molecular complexity index is 862. The summed E-state index contributed by atoms with van der Waals surface area (Å²) in [5.41, 5.74) is 1.71. The minimum Gasteiger partial charge on any atom is -0.355 e. The number of rotatable bonds is 6. The molecular weight excluding hydrogens is 352 g/mol. The maximum absolute atomic E-state index is 13.5. The number of aromatic nitrogens is 2. The summed E-state index contributed by atoms with van der Waals surface area (Å²) in [4.78, 5) is 27.7. The van der Waals surface area contributed by atoms with Crippen LogP contribution in [0.3, 0.4) is 0 Å². The van der Waals surface area contributed by atoms with Crippen LogP contribution in [0.5, 0.6) is 0 Å². The van der Waals surface area contributed by atoms with Gasteiger partial charge in [0.05, 0.1) is 5.41 Å².